The molecule has 4 heteroatoms. The van der Waals surface area contributed by atoms with Crippen molar-refractivity contribution in [2.75, 3.05) is 0 Å². The Labute approximate surface area is 87.6 Å². The third kappa shape index (κ3) is 1.48. The zero-order chi connectivity index (χ0) is 9.64. The molecule has 1 aromatic rings. The predicted molar refractivity (Wildman–Crippen MR) is 57.2 cm³/mol. The van der Waals surface area contributed by atoms with Crippen LogP contribution < -0.4 is 0 Å². The lowest BCUT2D eigenvalue weighted by molar-refractivity contribution is 0.354. The minimum Gasteiger partial charge on any atom is -0.248 e. The van der Waals surface area contributed by atoms with Crippen molar-refractivity contribution in [1.82, 2.24) is 9.78 Å². The molecular weight excluding hydrogens is 204 g/mol. The molecule has 1 aliphatic heterocycles. The quantitative estimate of drug-likeness (QED) is 0.664. The third-order valence-electron chi connectivity index (χ3n) is 2.12. The molecule has 1 aromatic heterocycles. The Morgan fingerprint density at radius 3 is 2.62 bits per heavy atom. The molecular formula is C9H13ClN2S. The number of aromatic nitrogens is 2. The number of hydrogen-bond acceptors (Lipinski definition) is 2. The molecule has 0 saturated heterocycles. The summed E-state index contributed by atoms with van der Waals surface area (Å²) in [6.45, 7) is 6.36. The lowest BCUT2D eigenvalue weighted by Crippen LogP contribution is -2.23. The van der Waals surface area contributed by atoms with E-state index < -0.39 is 0 Å². The fourth-order valence-electron chi connectivity index (χ4n) is 1.42. The van der Waals surface area contributed by atoms with Crippen LogP contribution >= 0.6 is 23.4 Å². The molecule has 0 aromatic carbocycles. The van der Waals surface area contributed by atoms with Crippen molar-refractivity contribution in [3.05, 3.63) is 16.4 Å². The molecule has 0 atom stereocenters. The molecule has 0 aliphatic carbocycles. The number of halogens is 1. The van der Waals surface area contributed by atoms with Crippen LogP contribution in [0.15, 0.2) is 0 Å². The summed E-state index contributed by atoms with van der Waals surface area (Å²) >= 11 is 8.12. The second-order valence-electron chi connectivity index (χ2n) is 4.29. The van der Waals surface area contributed by atoms with Crippen molar-refractivity contribution in [3.8, 4) is 0 Å². The maximum atomic E-state index is 6.24. The molecule has 1 aliphatic rings. The summed E-state index contributed by atoms with van der Waals surface area (Å²) in [6, 6.07) is 0. The Hall–Kier alpha value is -0.150. The van der Waals surface area contributed by atoms with Gasteiger partial charge in [-0.3, -0.25) is 0 Å². The average molecular weight is 217 g/mol. The van der Waals surface area contributed by atoms with Gasteiger partial charge in [0, 0.05) is 17.1 Å². The third-order valence-corrected chi connectivity index (χ3v) is 3.48. The molecule has 2 heterocycles. The zero-order valence-corrected chi connectivity index (χ0v) is 9.67. The zero-order valence-electron chi connectivity index (χ0n) is 8.09. The first-order chi connectivity index (χ1) is 6.00. The van der Waals surface area contributed by atoms with Gasteiger partial charge >= 0.3 is 0 Å². The van der Waals surface area contributed by atoms with Gasteiger partial charge in [0.2, 0.25) is 0 Å². The minimum atomic E-state index is -0.00785. The fourth-order valence-corrected chi connectivity index (χ4v) is 3.01. The molecule has 0 radical (unpaired) electrons. The highest BCUT2D eigenvalue weighted by Gasteiger charge is 2.26. The van der Waals surface area contributed by atoms with Gasteiger partial charge in [-0.15, -0.1) is 0 Å². The molecule has 0 saturated carbocycles. The van der Waals surface area contributed by atoms with Gasteiger partial charge in [0.05, 0.1) is 11.2 Å². The highest BCUT2D eigenvalue weighted by molar-refractivity contribution is 7.98. The van der Waals surface area contributed by atoms with Gasteiger partial charge < -0.3 is 0 Å². The number of rotatable bonds is 0. The largest absolute Gasteiger partial charge is 0.248 e. The predicted octanol–water partition coefficient (Wildman–Crippen LogP) is 3.04. The van der Waals surface area contributed by atoms with E-state index in [0.717, 1.165) is 16.7 Å². The lowest BCUT2D eigenvalue weighted by atomic mass is 10.1. The molecule has 2 rings (SSSR count). The highest BCUT2D eigenvalue weighted by Crippen LogP contribution is 2.36. The minimum absolute atomic E-state index is 0.00785. The Morgan fingerprint density at radius 1 is 1.38 bits per heavy atom. The molecule has 2 nitrogen and oxygen atoms in total. The van der Waals surface area contributed by atoms with Gasteiger partial charge in [-0.05, 0) is 20.8 Å². The summed E-state index contributed by atoms with van der Waals surface area (Å²) in [5, 5.41) is 5.35. The molecule has 0 N–H and O–H groups in total. The van der Waals surface area contributed by atoms with Crippen LogP contribution in [-0.2, 0) is 17.0 Å². The number of nitrogens with zero attached hydrogens (tertiary/aromatic N) is 2. The standard InChI is InChI=1S/C9H13ClN2S/c1-9(2,3)12-8(10)6-4-13-5-7(6)11-12/h4-5H2,1-3H3. The highest BCUT2D eigenvalue weighted by atomic mass is 35.5. The molecule has 0 unspecified atom stereocenters. The summed E-state index contributed by atoms with van der Waals surface area (Å²) in [5.74, 6) is 2.03. The van der Waals surface area contributed by atoms with Crippen molar-refractivity contribution in [2.45, 2.75) is 37.8 Å². The normalized spacial score (nSPS) is 16.3. The Balaban J connectivity index is 2.51. The molecule has 0 fully saturated rings. The lowest BCUT2D eigenvalue weighted by Gasteiger charge is -2.20. The van der Waals surface area contributed by atoms with Crippen LogP contribution in [0.25, 0.3) is 0 Å². The summed E-state index contributed by atoms with van der Waals surface area (Å²) in [7, 11) is 0. The average Bonchev–Trinajstić information content (AvgIpc) is 2.51. The van der Waals surface area contributed by atoms with Gasteiger partial charge in [0.15, 0.2) is 0 Å². The summed E-state index contributed by atoms with van der Waals surface area (Å²) < 4.78 is 1.93. The van der Waals surface area contributed by atoms with E-state index in [1.54, 1.807) is 0 Å². The number of fused-ring (bicyclic) bond motifs is 1. The van der Waals surface area contributed by atoms with E-state index >= 15 is 0 Å². The van der Waals surface area contributed by atoms with Gasteiger partial charge in [-0.1, -0.05) is 11.6 Å². The van der Waals surface area contributed by atoms with E-state index in [9.17, 15) is 0 Å². The maximum absolute atomic E-state index is 6.24. The first kappa shape index (κ1) is 9.41. The first-order valence-electron chi connectivity index (χ1n) is 4.34. The monoisotopic (exact) mass is 216 g/mol. The topological polar surface area (TPSA) is 17.8 Å². The van der Waals surface area contributed by atoms with Crippen molar-refractivity contribution in [1.29, 1.82) is 0 Å². The van der Waals surface area contributed by atoms with Crippen molar-refractivity contribution in [2.24, 2.45) is 0 Å². The van der Waals surface area contributed by atoms with Crippen LogP contribution in [-0.4, -0.2) is 9.78 Å². The Morgan fingerprint density at radius 2 is 2.08 bits per heavy atom. The van der Waals surface area contributed by atoms with Crippen molar-refractivity contribution in [3.63, 3.8) is 0 Å². The van der Waals surface area contributed by atoms with E-state index in [1.807, 2.05) is 16.4 Å². The number of thioether (sulfide) groups is 1. The molecule has 0 amide bonds. The van der Waals surface area contributed by atoms with E-state index in [2.05, 4.69) is 25.9 Å². The maximum Gasteiger partial charge on any atom is 0.132 e. The molecule has 13 heavy (non-hydrogen) atoms. The van der Waals surface area contributed by atoms with Crippen LogP contribution in [0.1, 0.15) is 32.0 Å². The van der Waals surface area contributed by atoms with Crippen LogP contribution in [0.4, 0.5) is 0 Å². The Kier molecular flexibility index (Phi) is 2.11. The van der Waals surface area contributed by atoms with Gasteiger partial charge in [0.1, 0.15) is 5.15 Å². The van der Waals surface area contributed by atoms with Crippen LogP contribution in [0, 0.1) is 0 Å². The van der Waals surface area contributed by atoms with Crippen LogP contribution in [0.3, 0.4) is 0 Å². The van der Waals surface area contributed by atoms with E-state index in [0.29, 0.717) is 0 Å². The molecule has 0 bridgehead atoms. The van der Waals surface area contributed by atoms with Gasteiger partial charge in [0.25, 0.3) is 0 Å². The smallest absolute Gasteiger partial charge is 0.132 e. The van der Waals surface area contributed by atoms with Crippen LogP contribution in [0.2, 0.25) is 5.15 Å². The van der Waals surface area contributed by atoms with Crippen LogP contribution in [0.5, 0.6) is 0 Å². The SMILES string of the molecule is CC(C)(C)n1nc2c(c1Cl)CSC2. The first-order valence-corrected chi connectivity index (χ1v) is 5.88. The fraction of sp³-hybridized carbons (Fsp3) is 0.667. The van der Waals surface area contributed by atoms with E-state index in [-0.39, 0.29) is 5.54 Å². The Bertz CT molecular complexity index is 338. The van der Waals surface area contributed by atoms with E-state index in [1.165, 1.54) is 11.3 Å². The molecule has 72 valence electrons. The summed E-state index contributed by atoms with van der Waals surface area (Å²) in [5.41, 5.74) is 2.40. The second-order valence-corrected chi connectivity index (χ2v) is 5.64. The summed E-state index contributed by atoms with van der Waals surface area (Å²) in [4.78, 5) is 0. The van der Waals surface area contributed by atoms with Gasteiger partial charge in [-0.25, -0.2) is 4.68 Å². The number of hydrogen-bond donors (Lipinski definition) is 0. The van der Waals surface area contributed by atoms with Gasteiger partial charge in [-0.2, -0.15) is 16.9 Å². The van der Waals surface area contributed by atoms with Crippen molar-refractivity contribution >= 4 is 23.4 Å². The van der Waals surface area contributed by atoms with Crippen molar-refractivity contribution < 1.29 is 0 Å². The second kappa shape index (κ2) is 2.92. The summed E-state index contributed by atoms with van der Waals surface area (Å²) in [6.07, 6.45) is 0. The molecule has 0 spiro atoms. The van der Waals surface area contributed by atoms with E-state index in [4.69, 9.17) is 11.6 Å².